The van der Waals surface area contributed by atoms with E-state index >= 15 is 0 Å². The van der Waals surface area contributed by atoms with Crippen LogP contribution in [0.3, 0.4) is 0 Å². The average Bonchev–Trinajstić information content (AvgIpc) is 3.53. The van der Waals surface area contributed by atoms with Gasteiger partial charge in [-0.25, -0.2) is 0 Å². The fourth-order valence-electron chi connectivity index (χ4n) is 4.66. The minimum Gasteiger partial charge on any atom is -0.340 e. The highest BCUT2D eigenvalue weighted by molar-refractivity contribution is 6.01. The summed E-state index contributed by atoms with van der Waals surface area (Å²) in [4.78, 5) is 16.6. The minimum atomic E-state index is 0.724. The maximum atomic E-state index is 11.8. The van der Waals surface area contributed by atoms with E-state index in [4.69, 9.17) is 4.98 Å². The second-order valence-electron chi connectivity index (χ2n) is 8.69. The van der Waals surface area contributed by atoms with Crippen molar-refractivity contribution in [1.29, 1.82) is 0 Å². The number of benzene rings is 1. The van der Waals surface area contributed by atoms with E-state index in [9.17, 15) is 4.79 Å². The third-order valence-corrected chi connectivity index (χ3v) is 6.44. The Hall–Kier alpha value is -2.72. The van der Waals surface area contributed by atoms with Crippen LogP contribution in [-0.2, 0) is 13.0 Å². The molecular formula is C26H29N3O. The van der Waals surface area contributed by atoms with E-state index in [2.05, 4.69) is 48.0 Å². The standard InChI is InChI=1S/C26H29N3O/c1-3-22-8-9-23(17(2)28-22)24-12-19(16-30)11-21-13-25(20-5-4-10-27-14-20)29(26(21)24)15-18-6-7-18/h5,8-9,11-13,16,18,27H,3-4,6-7,10,14-15H2,1-2H3. The lowest BCUT2D eigenvalue weighted by molar-refractivity contribution is 0.112. The highest BCUT2D eigenvalue weighted by Crippen LogP contribution is 2.39. The fourth-order valence-corrected chi connectivity index (χ4v) is 4.66. The van der Waals surface area contributed by atoms with Gasteiger partial charge >= 0.3 is 0 Å². The van der Waals surface area contributed by atoms with Crippen molar-refractivity contribution >= 4 is 22.8 Å². The van der Waals surface area contributed by atoms with Crippen molar-refractivity contribution in [3.63, 3.8) is 0 Å². The van der Waals surface area contributed by atoms with Crippen LogP contribution in [0.2, 0.25) is 0 Å². The maximum Gasteiger partial charge on any atom is 0.150 e. The summed E-state index contributed by atoms with van der Waals surface area (Å²) in [6.07, 6.45) is 7.94. The van der Waals surface area contributed by atoms with Crippen molar-refractivity contribution in [2.75, 3.05) is 13.1 Å². The lowest BCUT2D eigenvalue weighted by Gasteiger charge is -2.19. The number of aldehydes is 1. The van der Waals surface area contributed by atoms with E-state index in [0.29, 0.717) is 0 Å². The van der Waals surface area contributed by atoms with Gasteiger partial charge in [-0.3, -0.25) is 9.78 Å². The molecule has 0 atom stereocenters. The number of hydrogen-bond acceptors (Lipinski definition) is 3. The molecule has 3 heterocycles. The molecule has 0 unspecified atom stereocenters. The number of pyridine rings is 1. The van der Waals surface area contributed by atoms with Gasteiger partial charge in [-0.05, 0) is 74.9 Å². The first kappa shape index (κ1) is 19.3. The minimum absolute atomic E-state index is 0.724. The Morgan fingerprint density at radius 1 is 1.20 bits per heavy atom. The summed E-state index contributed by atoms with van der Waals surface area (Å²) in [5.41, 5.74) is 9.00. The third kappa shape index (κ3) is 3.50. The number of carbonyl (C=O) groups excluding carboxylic acids is 1. The van der Waals surface area contributed by atoms with Gasteiger partial charge in [0, 0.05) is 52.2 Å². The molecule has 5 rings (SSSR count). The van der Waals surface area contributed by atoms with Crippen LogP contribution in [0.4, 0.5) is 0 Å². The molecular weight excluding hydrogens is 370 g/mol. The van der Waals surface area contributed by atoms with E-state index in [0.717, 1.165) is 78.1 Å². The number of fused-ring (bicyclic) bond motifs is 1. The summed E-state index contributed by atoms with van der Waals surface area (Å²) in [6, 6.07) is 10.7. The molecule has 4 nitrogen and oxygen atoms in total. The van der Waals surface area contributed by atoms with E-state index in [1.165, 1.54) is 29.6 Å². The molecule has 2 aromatic heterocycles. The number of carbonyl (C=O) groups is 1. The Bertz CT molecular complexity index is 1150. The van der Waals surface area contributed by atoms with Crippen molar-refractivity contribution in [3.05, 3.63) is 59.1 Å². The molecule has 1 aliphatic carbocycles. The summed E-state index contributed by atoms with van der Waals surface area (Å²) >= 11 is 0. The Labute approximate surface area is 178 Å². The molecule has 0 saturated heterocycles. The van der Waals surface area contributed by atoms with Crippen molar-refractivity contribution in [3.8, 4) is 11.1 Å². The highest BCUT2D eigenvalue weighted by Gasteiger charge is 2.26. The first-order chi connectivity index (χ1) is 14.7. The summed E-state index contributed by atoms with van der Waals surface area (Å²) < 4.78 is 2.52. The molecule has 2 aliphatic rings. The molecule has 1 aromatic carbocycles. The molecule has 154 valence electrons. The van der Waals surface area contributed by atoms with Crippen LogP contribution < -0.4 is 5.32 Å². The van der Waals surface area contributed by atoms with Crippen molar-refractivity contribution in [2.45, 2.75) is 46.1 Å². The van der Waals surface area contributed by atoms with E-state index in [1.807, 2.05) is 12.1 Å². The topological polar surface area (TPSA) is 46.9 Å². The smallest absolute Gasteiger partial charge is 0.150 e. The van der Waals surface area contributed by atoms with Gasteiger partial charge in [0.2, 0.25) is 0 Å². The Morgan fingerprint density at radius 3 is 2.73 bits per heavy atom. The highest BCUT2D eigenvalue weighted by atomic mass is 16.1. The SMILES string of the molecule is CCc1ccc(-c2cc(C=O)cc3cc(C4=CCCNC4)n(CC4CC4)c23)c(C)n1. The number of nitrogens with one attached hydrogen (secondary N) is 1. The van der Waals surface area contributed by atoms with Gasteiger partial charge in [0.1, 0.15) is 6.29 Å². The van der Waals surface area contributed by atoms with Gasteiger partial charge in [0.15, 0.2) is 0 Å². The quantitative estimate of drug-likeness (QED) is 0.582. The molecule has 1 fully saturated rings. The molecule has 4 heteroatoms. The predicted octanol–water partition coefficient (Wildman–Crippen LogP) is 5.17. The molecule has 0 amide bonds. The van der Waals surface area contributed by atoms with Gasteiger partial charge in [0.05, 0.1) is 5.52 Å². The van der Waals surface area contributed by atoms with Crippen LogP contribution in [-0.4, -0.2) is 28.9 Å². The normalized spacial score (nSPS) is 16.7. The second kappa shape index (κ2) is 7.84. The fraction of sp³-hybridized carbons (Fsp3) is 0.385. The zero-order valence-corrected chi connectivity index (χ0v) is 17.9. The predicted molar refractivity (Wildman–Crippen MR) is 123 cm³/mol. The lowest BCUT2D eigenvalue weighted by Crippen LogP contribution is -2.22. The van der Waals surface area contributed by atoms with Crippen LogP contribution in [0.25, 0.3) is 27.6 Å². The van der Waals surface area contributed by atoms with Crippen molar-refractivity contribution < 1.29 is 4.79 Å². The summed E-state index contributed by atoms with van der Waals surface area (Å²) in [5, 5.41) is 4.67. The monoisotopic (exact) mass is 399 g/mol. The van der Waals surface area contributed by atoms with E-state index in [-0.39, 0.29) is 0 Å². The molecule has 1 saturated carbocycles. The van der Waals surface area contributed by atoms with E-state index < -0.39 is 0 Å². The van der Waals surface area contributed by atoms with Crippen LogP contribution in [0, 0.1) is 12.8 Å². The summed E-state index contributed by atoms with van der Waals surface area (Å²) in [5.74, 6) is 0.761. The molecule has 1 N–H and O–H groups in total. The Morgan fingerprint density at radius 2 is 2.07 bits per heavy atom. The molecule has 0 spiro atoms. The molecule has 30 heavy (non-hydrogen) atoms. The van der Waals surface area contributed by atoms with Crippen LogP contribution in [0.1, 0.15) is 53.6 Å². The average molecular weight is 400 g/mol. The van der Waals surface area contributed by atoms with Gasteiger partial charge < -0.3 is 9.88 Å². The number of hydrogen-bond donors (Lipinski definition) is 1. The zero-order chi connectivity index (χ0) is 20.7. The Kier molecular flexibility index (Phi) is 5.03. The zero-order valence-electron chi connectivity index (χ0n) is 17.9. The maximum absolute atomic E-state index is 11.8. The van der Waals surface area contributed by atoms with Crippen LogP contribution in [0.15, 0.2) is 36.4 Å². The van der Waals surface area contributed by atoms with Gasteiger partial charge in [-0.2, -0.15) is 0 Å². The second-order valence-corrected chi connectivity index (χ2v) is 8.69. The van der Waals surface area contributed by atoms with Crippen molar-refractivity contribution in [1.82, 2.24) is 14.9 Å². The Balaban J connectivity index is 1.78. The molecule has 0 radical (unpaired) electrons. The molecule has 0 bridgehead atoms. The first-order valence-corrected chi connectivity index (χ1v) is 11.2. The number of aryl methyl sites for hydroxylation is 2. The number of aromatic nitrogens is 2. The third-order valence-electron chi connectivity index (χ3n) is 6.44. The largest absolute Gasteiger partial charge is 0.340 e. The molecule has 3 aromatic rings. The van der Waals surface area contributed by atoms with Gasteiger partial charge in [-0.15, -0.1) is 0 Å². The summed E-state index contributed by atoms with van der Waals surface area (Å²) in [7, 11) is 0. The van der Waals surface area contributed by atoms with Gasteiger partial charge in [0.25, 0.3) is 0 Å². The van der Waals surface area contributed by atoms with Crippen molar-refractivity contribution in [2.24, 2.45) is 5.92 Å². The van der Waals surface area contributed by atoms with Crippen LogP contribution in [0.5, 0.6) is 0 Å². The lowest BCUT2D eigenvalue weighted by atomic mass is 9.98. The first-order valence-electron chi connectivity index (χ1n) is 11.2. The number of rotatable bonds is 6. The van der Waals surface area contributed by atoms with Crippen LogP contribution >= 0.6 is 0 Å². The van der Waals surface area contributed by atoms with E-state index in [1.54, 1.807) is 0 Å². The molecule has 1 aliphatic heterocycles. The summed E-state index contributed by atoms with van der Waals surface area (Å²) in [6.45, 7) is 7.20. The van der Waals surface area contributed by atoms with Gasteiger partial charge in [-0.1, -0.05) is 19.1 Å². The number of nitrogens with zero attached hydrogens (tertiary/aromatic N) is 2.